The summed E-state index contributed by atoms with van der Waals surface area (Å²) in [5, 5.41) is 69.8. The Kier molecular flexibility index (Phi) is 16.7. The Bertz CT molecular complexity index is 551. The number of carboxylic acids is 1. The summed E-state index contributed by atoms with van der Waals surface area (Å²) in [6, 6.07) is 1.69. The molecule has 0 saturated heterocycles. The molecule has 30 heavy (non-hydrogen) atoms. The van der Waals surface area contributed by atoms with E-state index < -0.39 is 48.0 Å². The van der Waals surface area contributed by atoms with Gasteiger partial charge < -0.3 is 50.3 Å². The summed E-state index contributed by atoms with van der Waals surface area (Å²) in [7, 11) is 0. The van der Waals surface area contributed by atoms with E-state index in [1.54, 1.807) is 27.7 Å². The van der Waals surface area contributed by atoms with E-state index in [4.69, 9.17) is 45.6 Å². The summed E-state index contributed by atoms with van der Waals surface area (Å²) in [5.74, 6) is -3.33. The fraction of sp³-hybridized carbons (Fsp3) is 0.632. The third-order valence-electron chi connectivity index (χ3n) is 3.05. The maximum Gasteiger partial charge on any atom is 0.335 e. The third-order valence-corrected chi connectivity index (χ3v) is 3.05. The van der Waals surface area contributed by atoms with E-state index in [0.29, 0.717) is 26.1 Å². The lowest BCUT2D eigenvalue weighted by Gasteiger charge is -2.13. The van der Waals surface area contributed by atoms with Crippen LogP contribution in [0.4, 0.5) is 0 Å². The number of phenolic OH excluding ortho intramolecular Hbond substituents is 3. The van der Waals surface area contributed by atoms with Gasteiger partial charge in [-0.3, -0.25) is 0 Å². The van der Waals surface area contributed by atoms with E-state index in [2.05, 4.69) is 4.74 Å². The van der Waals surface area contributed by atoms with Crippen molar-refractivity contribution in [2.24, 2.45) is 0 Å². The summed E-state index contributed by atoms with van der Waals surface area (Å²) >= 11 is 0. The van der Waals surface area contributed by atoms with Gasteiger partial charge in [-0.05, 0) is 38.8 Å². The second-order valence-corrected chi connectivity index (χ2v) is 6.27. The van der Waals surface area contributed by atoms with E-state index in [-0.39, 0.29) is 5.56 Å². The van der Waals surface area contributed by atoms with Gasteiger partial charge in [0.25, 0.3) is 0 Å². The lowest BCUT2D eigenvalue weighted by molar-refractivity contribution is -0.208. The summed E-state index contributed by atoms with van der Waals surface area (Å²) in [5.41, 5.74) is -0.289. The molecule has 0 heterocycles. The fourth-order valence-corrected chi connectivity index (χ4v) is 1.51. The number of benzene rings is 1. The van der Waals surface area contributed by atoms with E-state index >= 15 is 0 Å². The summed E-state index contributed by atoms with van der Waals surface area (Å²) in [6.07, 6.45) is -1.50. The fourth-order valence-electron chi connectivity index (χ4n) is 1.51. The molecule has 0 aliphatic heterocycles. The number of carboxylic acid groups (broad SMARTS) is 1. The van der Waals surface area contributed by atoms with Crippen molar-refractivity contribution >= 4 is 5.97 Å². The van der Waals surface area contributed by atoms with Crippen molar-refractivity contribution in [3.8, 4) is 17.2 Å². The second-order valence-electron chi connectivity index (χ2n) is 6.27. The van der Waals surface area contributed by atoms with Crippen LogP contribution in [0.3, 0.4) is 0 Å². The van der Waals surface area contributed by atoms with Crippen LogP contribution in [-0.4, -0.2) is 84.8 Å². The van der Waals surface area contributed by atoms with Crippen LogP contribution >= 0.6 is 0 Å². The zero-order valence-electron chi connectivity index (χ0n) is 17.6. The molecule has 0 fully saturated rings. The average molecular weight is 438 g/mol. The number of aromatic carboxylic acids is 1. The van der Waals surface area contributed by atoms with Crippen LogP contribution in [-0.2, 0) is 9.47 Å². The molecule has 0 radical (unpaired) electrons. The Morgan fingerprint density at radius 1 is 0.867 bits per heavy atom. The molecular formula is C19H34O11. The summed E-state index contributed by atoms with van der Waals surface area (Å²) < 4.78 is 9.52. The van der Waals surface area contributed by atoms with Gasteiger partial charge in [0.1, 0.15) is 0 Å². The number of aromatic hydroxyl groups is 3. The zero-order valence-corrected chi connectivity index (χ0v) is 17.6. The van der Waals surface area contributed by atoms with Crippen LogP contribution in [0.5, 0.6) is 17.2 Å². The van der Waals surface area contributed by atoms with Crippen molar-refractivity contribution in [3.05, 3.63) is 17.7 Å². The highest BCUT2D eigenvalue weighted by Gasteiger charge is 2.11. The van der Waals surface area contributed by atoms with Gasteiger partial charge in [0.15, 0.2) is 29.8 Å². The third kappa shape index (κ3) is 15.7. The molecule has 1 rings (SSSR count). The minimum atomic E-state index is -1.29. The molecule has 1 aromatic carbocycles. The normalized spacial score (nSPS) is 14.3. The number of hydrogen-bond donors (Lipinski definition) is 8. The van der Waals surface area contributed by atoms with Crippen molar-refractivity contribution in [2.45, 2.75) is 65.3 Å². The molecule has 11 heteroatoms. The first-order valence-corrected chi connectivity index (χ1v) is 9.29. The highest BCUT2D eigenvalue weighted by atomic mass is 16.7. The monoisotopic (exact) mass is 438 g/mol. The van der Waals surface area contributed by atoms with Gasteiger partial charge in [0.2, 0.25) is 0 Å². The molecular weight excluding hydrogens is 404 g/mol. The minimum Gasteiger partial charge on any atom is -0.504 e. The number of phenols is 3. The number of aliphatic hydroxyl groups is 4. The zero-order chi connectivity index (χ0) is 23.9. The number of hydrogen-bond acceptors (Lipinski definition) is 10. The Hall–Kier alpha value is -2.15. The topological polar surface area (TPSA) is 197 Å². The van der Waals surface area contributed by atoms with E-state index in [1.165, 1.54) is 0 Å². The predicted octanol–water partition coefficient (Wildman–Crippen LogP) is 0.726. The van der Waals surface area contributed by atoms with Gasteiger partial charge in [-0.25, -0.2) is 4.79 Å². The van der Waals surface area contributed by atoms with Gasteiger partial charge in [0, 0.05) is 0 Å². The van der Waals surface area contributed by atoms with E-state index in [1.807, 2.05) is 0 Å². The van der Waals surface area contributed by atoms with Crippen LogP contribution < -0.4 is 0 Å². The van der Waals surface area contributed by atoms with Crippen molar-refractivity contribution in [3.63, 3.8) is 0 Å². The van der Waals surface area contributed by atoms with Gasteiger partial charge in [0.05, 0.1) is 31.0 Å². The molecule has 0 spiro atoms. The molecule has 176 valence electrons. The second kappa shape index (κ2) is 16.6. The molecule has 4 atom stereocenters. The van der Waals surface area contributed by atoms with Crippen LogP contribution in [0.1, 0.15) is 50.9 Å². The maximum atomic E-state index is 10.3. The Labute approximate surface area is 175 Å². The van der Waals surface area contributed by atoms with Crippen LogP contribution in [0.25, 0.3) is 0 Å². The van der Waals surface area contributed by atoms with Gasteiger partial charge in [-0.15, -0.1) is 0 Å². The Balaban J connectivity index is 0. The smallest absolute Gasteiger partial charge is 0.335 e. The largest absolute Gasteiger partial charge is 0.504 e. The van der Waals surface area contributed by atoms with Crippen molar-refractivity contribution in [1.82, 2.24) is 0 Å². The van der Waals surface area contributed by atoms with Gasteiger partial charge in [-0.1, -0.05) is 13.8 Å². The van der Waals surface area contributed by atoms with Gasteiger partial charge >= 0.3 is 5.97 Å². The van der Waals surface area contributed by atoms with Crippen LogP contribution in [0.2, 0.25) is 0 Å². The maximum absolute atomic E-state index is 10.3. The molecule has 0 aliphatic carbocycles. The predicted molar refractivity (Wildman–Crippen MR) is 106 cm³/mol. The standard InChI is InChI=1S/C7H6O5.2C6H14O3/c8-4-1-3(7(11)12)2-5(9)6(4)10;1-5(7)3-9-4-6(2)8;1-3-5(7)9-6(8)4-2/h1-2,8-10H,(H,11,12);2*5-8H,3-4H2,1-2H3. The number of carbonyl (C=O) groups is 1. The molecule has 0 aromatic heterocycles. The number of rotatable bonds is 9. The van der Waals surface area contributed by atoms with Crippen LogP contribution in [0.15, 0.2) is 12.1 Å². The lowest BCUT2D eigenvalue weighted by atomic mass is 10.2. The van der Waals surface area contributed by atoms with Gasteiger partial charge in [-0.2, -0.15) is 0 Å². The quantitative estimate of drug-likeness (QED) is 0.200. The highest BCUT2D eigenvalue weighted by Crippen LogP contribution is 2.35. The molecule has 0 saturated carbocycles. The lowest BCUT2D eigenvalue weighted by Crippen LogP contribution is -2.19. The molecule has 0 bridgehead atoms. The van der Waals surface area contributed by atoms with E-state index in [0.717, 1.165) is 12.1 Å². The first-order chi connectivity index (χ1) is 13.8. The van der Waals surface area contributed by atoms with Crippen molar-refractivity contribution < 1.29 is 55.1 Å². The molecule has 8 N–H and O–H groups in total. The Morgan fingerprint density at radius 3 is 1.50 bits per heavy atom. The van der Waals surface area contributed by atoms with Crippen LogP contribution in [0, 0.1) is 0 Å². The molecule has 4 unspecified atom stereocenters. The number of aliphatic hydroxyl groups excluding tert-OH is 4. The first-order valence-electron chi connectivity index (χ1n) is 9.29. The Morgan fingerprint density at radius 2 is 1.23 bits per heavy atom. The van der Waals surface area contributed by atoms with Crippen molar-refractivity contribution in [2.75, 3.05) is 13.2 Å². The minimum absolute atomic E-state index is 0.289. The first kappa shape index (κ1) is 30.0. The summed E-state index contributed by atoms with van der Waals surface area (Å²) in [4.78, 5) is 10.3. The molecule has 11 nitrogen and oxygen atoms in total. The number of ether oxygens (including phenoxy) is 2. The SMILES string of the molecule is CC(O)COCC(C)O.CCC(O)OC(O)CC.O=C(O)c1cc(O)c(O)c(O)c1. The highest BCUT2D eigenvalue weighted by molar-refractivity contribution is 5.89. The molecule has 0 amide bonds. The summed E-state index contributed by atoms with van der Waals surface area (Å²) in [6.45, 7) is 7.44. The van der Waals surface area contributed by atoms with E-state index in [9.17, 15) is 4.79 Å². The van der Waals surface area contributed by atoms with Crippen molar-refractivity contribution in [1.29, 1.82) is 0 Å². The molecule has 0 aliphatic rings. The average Bonchev–Trinajstić information content (AvgIpc) is 2.65. The molecule has 1 aromatic rings.